The molecule has 0 spiro atoms. The van der Waals surface area contributed by atoms with Gasteiger partial charge in [0.05, 0.1) is 5.56 Å². The number of hydrogen-bond donors (Lipinski definition) is 1. The van der Waals surface area contributed by atoms with Crippen molar-refractivity contribution in [3.63, 3.8) is 0 Å². The molecule has 0 bridgehead atoms. The molecule has 1 amide bonds. The van der Waals surface area contributed by atoms with Crippen molar-refractivity contribution in [1.82, 2.24) is 9.97 Å². The molecule has 4 rings (SSSR count). The van der Waals surface area contributed by atoms with Gasteiger partial charge >= 0.3 is 0 Å². The number of carbonyl (C=O) groups is 1. The number of amides is 1. The number of nitrogens with one attached hydrogen (secondary N) is 1. The van der Waals surface area contributed by atoms with Gasteiger partial charge in [-0.15, -0.1) is 0 Å². The molecule has 0 saturated carbocycles. The van der Waals surface area contributed by atoms with Crippen molar-refractivity contribution in [2.45, 2.75) is 0 Å². The van der Waals surface area contributed by atoms with Crippen LogP contribution in [0.25, 0.3) is 11.3 Å². The van der Waals surface area contributed by atoms with Gasteiger partial charge in [-0.1, -0.05) is 36.4 Å². The van der Waals surface area contributed by atoms with Crippen molar-refractivity contribution in [2.24, 2.45) is 0 Å². The number of anilines is 1. The normalized spacial score (nSPS) is 12.0. The van der Waals surface area contributed by atoms with Gasteiger partial charge in [-0.05, 0) is 12.1 Å². The first-order valence-corrected chi connectivity index (χ1v) is 7.39. The SMILES string of the molecule is O=C(Nc1nccnc1-c1ccccc1)c1cccc2c1OCO2. The molecule has 0 unspecified atom stereocenters. The van der Waals surface area contributed by atoms with E-state index in [9.17, 15) is 4.79 Å². The Morgan fingerprint density at radius 1 is 0.958 bits per heavy atom. The van der Waals surface area contributed by atoms with Gasteiger partial charge < -0.3 is 14.8 Å². The Kier molecular flexibility index (Phi) is 3.55. The highest BCUT2D eigenvalue weighted by molar-refractivity contribution is 6.07. The maximum absolute atomic E-state index is 12.6. The molecule has 0 radical (unpaired) electrons. The van der Waals surface area contributed by atoms with Crippen molar-refractivity contribution < 1.29 is 14.3 Å². The summed E-state index contributed by atoms with van der Waals surface area (Å²) in [5, 5.41) is 2.81. The maximum Gasteiger partial charge on any atom is 0.260 e. The summed E-state index contributed by atoms with van der Waals surface area (Å²) >= 11 is 0. The summed E-state index contributed by atoms with van der Waals surface area (Å²) in [4.78, 5) is 21.2. The van der Waals surface area contributed by atoms with Gasteiger partial charge in [-0.25, -0.2) is 4.98 Å². The molecule has 24 heavy (non-hydrogen) atoms. The Morgan fingerprint density at radius 2 is 1.79 bits per heavy atom. The summed E-state index contributed by atoms with van der Waals surface area (Å²) in [6, 6.07) is 14.8. The highest BCUT2D eigenvalue weighted by Crippen LogP contribution is 2.35. The molecule has 118 valence electrons. The third-order valence-corrected chi connectivity index (χ3v) is 3.62. The van der Waals surface area contributed by atoms with E-state index in [0.717, 1.165) is 5.56 Å². The number of para-hydroxylation sites is 1. The molecule has 1 aliphatic rings. The van der Waals surface area contributed by atoms with Gasteiger partial charge in [0, 0.05) is 18.0 Å². The lowest BCUT2D eigenvalue weighted by atomic mass is 10.1. The van der Waals surface area contributed by atoms with Gasteiger partial charge in [0.15, 0.2) is 17.3 Å². The number of nitrogens with zero attached hydrogens (tertiary/aromatic N) is 2. The predicted molar refractivity (Wildman–Crippen MR) is 88.0 cm³/mol. The van der Waals surface area contributed by atoms with Gasteiger partial charge in [-0.3, -0.25) is 9.78 Å². The molecule has 6 nitrogen and oxygen atoms in total. The number of aromatic nitrogens is 2. The third kappa shape index (κ3) is 2.54. The average molecular weight is 319 g/mol. The van der Waals surface area contributed by atoms with Crippen LogP contribution < -0.4 is 14.8 Å². The van der Waals surface area contributed by atoms with Crippen LogP contribution in [0.5, 0.6) is 11.5 Å². The predicted octanol–water partition coefficient (Wildman–Crippen LogP) is 3.12. The van der Waals surface area contributed by atoms with Crippen LogP contribution in [0.15, 0.2) is 60.9 Å². The van der Waals surface area contributed by atoms with Crippen LogP contribution in [-0.4, -0.2) is 22.7 Å². The molecule has 1 N–H and O–H groups in total. The summed E-state index contributed by atoms with van der Waals surface area (Å²) < 4.78 is 10.7. The maximum atomic E-state index is 12.6. The molecule has 2 aromatic carbocycles. The van der Waals surface area contributed by atoms with Crippen LogP contribution in [0.1, 0.15) is 10.4 Å². The molecule has 1 aliphatic heterocycles. The third-order valence-electron chi connectivity index (χ3n) is 3.62. The lowest BCUT2D eigenvalue weighted by molar-refractivity contribution is 0.102. The van der Waals surface area contributed by atoms with E-state index in [2.05, 4.69) is 15.3 Å². The number of carbonyl (C=O) groups excluding carboxylic acids is 1. The molecule has 0 fully saturated rings. The lowest BCUT2D eigenvalue weighted by Gasteiger charge is -2.10. The van der Waals surface area contributed by atoms with Crippen LogP contribution in [0, 0.1) is 0 Å². The highest BCUT2D eigenvalue weighted by atomic mass is 16.7. The minimum Gasteiger partial charge on any atom is -0.454 e. The Morgan fingerprint density at radius 3 is 2.67 bits per heavy atom. The van der Waals surface area contributed by atoms with Crippen LogP contribution in [0.2, 0.25) is 0 Å². The molecule has 2 heterocycles. The zero-order valence-corrected chi connectivity index (χ0v) is 12.6. The van der Waals surface area contributed by atoms with Crippen molar-refractivity contribution in [2.75, 3.05) is 12.1 Å². The van der Waals surface area contributed by atoms with Gasteiger partial charge in [0.2, 0.25) is 6.79 Å². The lowest BCUT2D eigenvalue weighted by Crippen LogP contribution is -2.15. The molecule has 0 aliphatic carbocycles. The van der Waals surface area contributed by atoms with E-state index in [4.69, 9.17) is 9.47 Å². The van der Waals surface area contributed by atoms with Crippen LogP contribution in [0.3, 0.4) is 0 Å². The van der Waals surface area contributed by atoms with Crippen molar-refractivity contribution in [3.05, 3.63) is 66.5 Å². The number of rotatable bonds is 3. The molecule has 1 aromatic heterocycles. The van der Waals surface area contributed by atoms with Crippen molar-refractivity contribution in [1.29, 1.82) is 0 Å². The van der Waals surface area contributed by atoms with Gasteiger partial charge in [0.1, 0.15) is 5.69 Å². The molecule has 6 heteroatoms. The van der Waals surface area contributed by atoms with Crippen LogP contribution >= 0.6 is 0 Å². The van der Waals surface area contributed by atoms with Crippen molar-refractivity contribution >= 4 is 11.7 Å². The summed E-state index contributed by atoms with van der Waals surface area (Å²) in [7, 11) is 0. The van der Waals surface area contributed by atoms with E-state index >= 15 is 0 Å². The van der Waals surface area contributed by atoms with E-state index in [1.165, 1.54) is 6.20 Å². The molecule has 0 atom stereocenters. The number of fused-ring (bicyclic) bond motifs is 1. The van der Waals surface area contributed by atoms with E-state index < -0.39 is 0 Å². The molecular formula is C18H13N3O3. The second-order valence-corrected chi connectivity index (χ2v) is 5.11. The van der Waals surface area contributed by atoms with Crippen LogP contribution in [0.4, 0.5) is 5.82 Å². The van der Waals surface area contributed by atoms with Crippen molar-refractivity contribution in [3.8, 4) is 22.8 Å². The molecule has 3 aromatic rings. The monoisotopic (exact) mass is 319 g/mol. The van der Waals surface area contributed by atoms with E-state index in [1.54, 1.807) is 24.4 Å². The number of ether oxygens (including phenoxy) is 2. The zero-order chi connectivity index (χ0) is 16.4. The van der Waals surface area contributed by atoms with Crippen LogP contribution in [-0.2, 0) is 0 Å². The Bertz CT molecular complexity index is 897. The average Bonchev–Trinajstić information content (AvgIpc) is 3.11. The first-order valence-electron chi connectivity index (χ1n) is 7.39. The fraction of sp³-hybridized carbons (Fsp3) is 0.0556. The summed E-state index contributed by atoms with van der Waals surface area (Å²) in [5.41, 5.74) is 1.88. The highest BCUT2D eigenvalue weighted by Gasteiger charge is 2.22. The minimum atomic E-state index is -0.324. The van der Waals surface area contributed by atoms with E-state index in [1.807, 2.05) is 30.3 Å². The molecular weight excluding hydrogens is 306 g/mol. The number of benzene rings is 2. The second kappa shape index (κ2) is 6.00. The Hall–Kier alpha value is -3.41. The summed E-state index contributed by atoms with van der Waals surface area (Å²) in [6.07, 6.45) is 3.13. The zero-order valence-electron chi connectivity index (χ0n) is 12.6. The Labute approximate surface area is 138 Å². The number of hydrogen-bond acceptors (Lipinski definition) is 5. The Balaban J connectivity index is 1.67. The summed E-state index contributed by atoms with van der Waals surface area (Å²) in [5.74, 6) is 1.07. The smallest absolute Gasteiger partial charge is 0.260 e. The first kappa shape index (κ1) is 14.2. The fourth-order valence-electron chi connectivity index (χ4n) is 2.52. The van der Waals surface area contributed by atoms with Gasteiger partial charge in [-0.2, -0.15) is 0 Å². The largest absolute Gasteiger partial charge is 0.454 e. The summed E-state index contributed by atoms with van der Waals surface area (Å²) in [6.45, 7) is 0.111. The topological polar surface area (TPSA) is 73.3 Å². The van der Waals surface area contributed by atoms with Gasteiger partial charge in [0.25, 0.3) is 5.91 Å². The fourth-order valence-corrected chi connectivity index (χ4v) is 2.52. The first-order chi connectivity index (χ1) is 11.8. The van der Waals surface area contributed by atoms with E-state index in [-0.39, 0.29) is 12.7 Å². The minimum absolute atomic E-state index is 0.111. The van der Waals surface area contributed by atoms with E-state index in [0.29, 0.717) is 28.6 Å². The second-order valence-electron chi connectivity index (χ2n) is 5.11. The quantitative estimate of drug-likeness (QED) is 0.803. The molecule has 0 saturated heterocycles. The standard InChI is InChI=1S/C18H13N3O3/c22-18(13-7-4-8-14-16(13)24-11-23-14)21-17-15(19-9-10-20-17)12-5-2-1-3-6-12/h1-10H,11H2,(H,20,21,22).